The molecule has 1 aliphatic rings. The number of fused-ring (bicyclic) bond motifs is 9. The molecule has 1 N–H and O–H groups in total. The molecule has 1 atom stereocenters. The first-order chi connectivity index (χ1) is 25.8. The summed E-state index contributed by atoms with van der Waals surface area (Å²) in [5.74, 6) is 1.43. The summed E-state index contributed by atoms with van der Waals surface area (Å²) in [6.07, 6.45) is -0.374. The molecule has 0 spiro atoms. The first-order valence-corrected chi connectivity index (χ1v) is 17.5. The monoisotopic (exact) mass is 667 g/mol. The van der Waals surface area contributed by atoms with E-state index in [9.17, 15) is 0 Å². The predicted molar refractivity (Wildman–Crippen MR) is 213 cm³/mol. The average molecular weight is 668 g/mol. The van der Waals surface area contributed by atoms with Gasteiger partial charge in [-0.15, -0.1) is 0 Å². The molecule has 1 aliphatic heterocycles. The quantitative estimate of drug-likeness (QED) is 0.190. The predicted octanol–water partition coefficient (Wildman–Crippen LogP) is 12.0. The van der Waals surface area contributed by atoms with Crippen LogP contribution in [-0.2, 0) is 0 Å². The molecule has 0 saturated carbocycles. The van der Waals surface area contributed by atoms with E-state index in [2.05, 4.69) is 121 Å². The lowest BCUT2D eigenvalue weighted by molar-refractivity contribution is 0.668. The third-order valence-electron chi connectivity index (χ3n) is 10.3. The van der Waals surface area contributed by atoms with Gasteiger partial charge >= 0.3 is 0 Å². The standard InChI is InChI=1S/C47H29N3O2/c1-2-12-28(13-3-1)45-48-46(50-47(49-45)39-26-29-14-4-5-15-31(29)33-16-6-7-17-34(33)39)38-21-11-23-41-43(38)37-25-24-30(27-42(37)51-41)32-19-10-20-36-35-18-8-9-22-40(35)52-44(32)36/h1-27,47H,(H,48,49,50). The lowest BCUT2D eigenvalue weighted by Crippen LogP contribution is -2.33. The van der Waals surface area contributed by atoms with Crippen LogP contribution in [-0.4, -0.2) is 11.7 Å². The number of hydrogen-bond acceptors (Lipinski definition) is 5. The maximum atomic E-state index is 6.60. The molecule has 11 rings (SSSR count). The summed E-state index contributed by atoms with van der Waals surface area (Å²) in [6.45, 7) is 0. The number of rotatable bonds is 4. The Kier molecular flexibility index (Phi) is 6.25. The van der Waals surface area contributed by atoms with E-state index >= 15 is 0 Å². The fraction of sp³-hybridized carbons (Fsp3) is 0.0213. The van der Waals surface area contributed by atoms with Crippen molar-refractivity contribution in [3.63, 3.8) is 0 Å². The van der Waals surface area contributed by atoms with Gasteiger partial charge in [0.05, 0.1) is 0 Å². The maximum absolute atomic E-state index is 6.60. The summed E-state index contributed by atoms with van der Waals surface area (Å²) >= 11 is 0. The van der Waals surface area contributed by atoms with Gasteiger partial charge in [-0.1, -0.05) is 133 Å². The Morgan fingerprint density at radius 1 is 0.462 bits per heavy atom. The van der Waals surface area contributed by atoms with Crippen molar-refractivity contribution in [1.29, 1.82) is 0 Å². The molecule has 244 valence electrons. The van der Waals surface area contributed by atoms with E-state index in [4.69, 9.17) is 18.8 Å². The molecule has 0 amide bonds. The zero-order chi connectivity index (χ0) is 34.2. The number of nitrogens with one attached hydrogen (secondary N) is 1. The molecule has 0 fully saturated rings. The Bertz CT molecular complexity index is 3110. The van der Waals surface area contributed by atoms with Crippen LogP contribution in [0.25, 0.3) is 76.5 Å². The lowest BCUT2D eigenvalue weighted by atomic mass is 9.95. The van der Waals surface area contributed by atoms with Crippen LogP contribution in [0.3, 0.4) is 0 Å². The maximum Gasteiger partial charge on any atom is 0.160 e. The second-order valence-corrected chi connectivity index (χ2v) is 13.3. The number of furan rings is 2. The van der Waals surface area contributed by atoms with Crippen molar-refractivity contribution in [2.75, 3.05) is 0 Å². The lowest BCUT2D eigenvalue weighted by Gasteiger charge is -2.25. The summed E-state index contributed by atoms with van der Waals surface area (Å²) in [4.78, 5) is 10.6. The first-order valence-electron chi connectivity index (χ1n) is 17.5. The first kappa shape index (κ1) is 28.8. The molecular formula is C47H29N3O2. The molecule has 2 aromatic heterocycles. The van der Waals surface area contributed by atoms with Crippen molar-refractivity contribution in [2.24, 2.45) is 9.98 Å². The molecule has 1 unspecified atom stereocenters. The van der Waals surface area contributed by atoms with Gasteiger partial charge in [-0.3, -0.25) is 0 Å². The molecule has 0 saturated heterocycles. The van der Waals surface area contributed by atoms with Gasteiger partial charge in [0.2, 0.25) is 0 Å². The third-order valence-corrected chi connectivity index (χ3v) is 10.3. The van der Waals surface area contributed by atoms with E-state index in [0.717, 1.165) is 82.9 Å². The van der Waals surface area contributed by atoms with Gasteiger partial charge < -0.3 is 14.2 Å². The minimum absolute atomic E-state index is 0.374. The van der Waals surface area contributed by atoms with Crippen LogP contribution in [0.4, 0.5) is 0 Å². The zero-order valence-electron chi connectivity index (χ0n) is 27.9. The fourth-order valence-electron chi connectivity index (χ4n) is 7.94. The minimum Gasteiger partial charge on any atom is -0.456 e. The Morgan fingerprint density at radius 2 is 1.17 bits per heavy atom. The smallest absolute Gasteiger partial charge is 0.160 e. The number of para-hydroxylation sites is 2. The highest BCUT2D eigenvalue weighted by Gasteiger charge is 2.25. The number of hydrogen-bond donors (Lipinski definition) is 1. The highest BCUT2D eigenvalue weighted by atomic mass is 16.3. The SMILES string of the molecule is c1ccc(C2=NC(c3cccc4oc5cc(-c6cccc7c6oc6ccccc67)ccc5c34)=NC(c3cc4ccccc4c4ccccc34)N2)cc1. The second-order valence-electron chi connectivity index (χ2n) is 13.3. The number of benzene rings is 8. The molecule has 5 nitrogen and oxygen atoms in total. The average Bonchev–Trinajstić information content (AvgIpc) is 3.79. The van der Waals surface area contributed by atoms with E-state index in [1.807, 2.05) is 48.5 Å². The molecule has 0 radical (unpaired) electrons. The highest BCUT2D eigenvalue weighted by molar-refractivity contribution is 6.22. The Morgan fingerprint density at radius 3 is 2.08 bits per heavy atom. The molecule has 52 heavy (non-hydrogen) atoms. The van der Waals surface area contributed by atoms with Gasteiger partial charge in [0.25, 0.3) is 0 Å². The Hall–Kier alpha value is -6.98. The van der Waals surface area contributed by atoms with E-state index in [1.165, 1.54) is 16.2 Å². The molecular weight excluding hydrogens is 639 g/mol. The topological polar surface area (TPSA) is 63.0 Å². The van der Waals surface area contributed by atoms with E-state index in [1.54, 1.807) is 0 Å². The van der Waals surface area contributed by atoms with Crippen LogP contribution in [0.5, 0.6) is 0 Å². The highest BCUT2D eigenvalue weighted by Crippen LogP contribution is 2.40. The molecule has 0 aliphatic carbocycles. The van der Waals surface area contributed by atoms with Gasteiger partial charge in [-0.2, -0.15) is 0 Å². The van der Waals surface area contributed by atoms with Crippen molar-refractivity contribution in [3.8, 4) is 11.1 Å². The van der Waals surface area contributed by atoms with Crippen molar-refractivity contribution < 1.29 is 8.83 Å². The normalized spacial score (nSPS) is 14.7. The van der Waals surface area contributed by atoms with Gasteiger partial charge in [-0.25, -0.2) is 9.98 Å². The van der Waals surface area contributed by atoms with E-state index in [0.29, 0.717) is 5.84 Å². The van der Waals surface area contributed by atoms with Crippen molar-refractivity contribution in [1.82, 2.24) is 5.32 Å². The Labute approximate surface area is 298 Å². The zero-order valence-corrected chi connectivity index (χ0v) is 27.9. The van der Waals surface area contributed by atoms with E-state index in [-0.39, 0.29) is 6.17 Å². The van der Waals surface area contributed by atoms with Crippen molar-refractivity contribution in [3.05, 3.63) is 180 Å². The van der Waals surface area contributed by atoms with Crippen LogP contribution in [0, 0.1) is 0 Å². The van der Waals surface area contributed by atoms with Crippen LogP contribution in [0.2, 0.25) is 0 Å². The molecule has 8 aromatic carbocycles. The fourth-order valence-corrected chi connectivity index (χ4v) is 7.94. The number of nitrogens with zero attached hydrogens (tertiary/aromatic N) is 2. The second kappa shape index (κ2) is 11.3. The summed E-state index contributed by atoms with van der Waals surface area (Å²) in [5, 5.41) is 12.7. The van der Waals surface area contributed by atoms with Gasteiger partial charge in [0.1, 0.15) is 34.3 Å². The van der Waals surface area contributed by atoms with Crippen LogP contribution >= 0.6 is 0 Å². The minimum atomic E-state index is -0.374. The molecule has 0 bridgehead atoms. The van der Waals surface area contributed by atoms with Crippen LogP contribution in [0.1, 0.15) is 22.9 Å². The number of amidine groups is 2. The Balaban J connectivity index is 1.10. The van der Waals surface area contributed by atoms with Gasteiger partial charge in [0, 0.05) is 43.8 Å². The summed E-state index contributed by atoms with van der Waals surface area (Å²) < 4.78 is 13.0. The molecule has 3 heterocycles. The number of aliphatic imine (C=N–C) groups is 2. The third kappa shape index (κ3) is 4.42. The van der Waals surface area contributed by atoms with Gasteiger partial charge in [0.15, 0.2) is 5.84 Å². The summed E-state index contributed by atoms with van der Waals surface area (Å²) in [7, 11) is 0. The molecule has 10 aromatic rings. The van der Waals surface area contributed by atoms with Crippen LogP contribution in [0.15, 0.2) is 183 Å². The van der Waals surface area contributed by atoms with Crippen LogP contribution < -0.4 is 5.32 Å². The van der Waals surface area contributed by atoms with Crippen molar-refractivity contribution in [2.45, 2.75) is 6.17 Å². The van der Waals surface area contributed by atoms with Gasteiger partial charge in [-0.05, 0) is 57.4 Å². The van der Waals surface area contributed by atoms with E-state index < -0.39 is 0 Å². The summed E-state index contributed by atoms with van der Waals surface area (Å²) in [5.41, 5.74) is 8.43. The van der Waals surface area contributed by atoms with Crippen molar-refractivity contribution >= 4 is 77.1 Å². The molecule has 5 heteroatoms. The largest absolute Gasteiger partial charge is 0.456 e. The summed E-state index contributed by atoms with van der Waals surface area (Å²) in [6, 6.07) is 56.8.